The fraction of sp³-hybridized carbons (Fsp3) is 0.333. The Hall–Kier alpha value is -1.96. The Morgan fingerprint density at radius 3 is 2.54 bits per heavy atom. The Bertz CT molecular complexity index is 896. The van der Waals surface area contributed by atoms with Crippen LogP contribution in [0.1, 0.15) is 5.56 Å². The van der Waals surface area contributed by atoms with E-state index in [1.807, 2.05) is 6.07 Å². The van der Waals surface area contributed by atoms with Gasteiger partial charge in [0.25, 0.3) is 10.0 Å². The van der Waals surface area contributed by atoms with Crippen LogP contribution in [0.2, 0.25) is 5.02 Å². The molecule has 26 heavy (non-hydrogen) atoms. The second-order valence-corrected chi connectivity index (χ2v) is 8.09. The summed E-state index contributed by atoms with van der Waals surface area (Å²) in [5.74, 6) is 0.609. The average Bonchev–Trinajstić information content (AvgIpc) is 2.62. The molecule has 1 N–H and O–H groups in total. The number of ether oxygens (including phenoxy) is 2. The molecule has 2 aromatic carbocycles. The lowest BCUT2D eigenvalue weighted by Gasteiger charge is -2.30. The van der Waals surface area contributed by atoms with Crippen molar-refractivity contribution in [1.29, 1.82) is 0 Å². The summed E-state index contributed by atoms with van der Waals surface area (Å²) in [7, 11) is -2.23. The maximum absolute atomic E-state index is 12.9. The maximum Gasteiger partial charge on any atom is 0.262 e. The van der Waals surface area contributed by atoms with E-state index in [9.17, 15) is 8.42 Å². The number of sulfonamides is 1. The molecule has 0 unspecified atom stereocenters. The van der Waals surface area contributed by atoms with Crippen molar-refractivity contribution in [2.45, 2.75) is 11.8 Å². The molecule has 0 atom stereocenters. The van der Waals surface area contributed by atoms with Crippen molar-refractivity contribution < 1.29 is 17.9 Å². The Morgan fingerprint density at radius 2 is 1.88 bits per heavy atom. The number of morpholine rings is 1. The van der Waals surface area contributed by atoms with Crippen molar-refractivity contribution in [3.63, 3.8) is 0 Å². The number of halogens is 1. The first-order chi connectivity index (χ1) is 12.4. The zero-order valence-corrected chi connectivity index (χ0v) is 16.2. The van der Waals surface area contributed by atoms with Crippen molar-refractivity contribution in [2.24, 2.45) is 0 Å². The summed E-state index contributed by atoms with van der Waals surface area (Å²) >= 11 is 6.11. The number of hydrogen-bond acceptors (Lipinski definition) is 5. The highest BCUT2D eigenvalue weighted by atomic mass is 35.5. The number of hydrogen-bond donors (Lipinski definition) is 1. The molecule has 3 rings (SSSR count). The first-order valence-corrected chi connectivity index (χ1v) is 10.1. The molecule has 0 radical (unpaired) electrons. The third-order valence-electron chi connectivity index (χ3n) is 4.23. The fourth-order valence-corrected chi connectivity index (χ4v) is 4.39. The second kappa shape index (κ2) is 7.73. The lowest BCUT2D eigenvalue weighted by atomic mass is 10.2. The van der Waals surface area contributed by atoms with Gasteiger partial charge in [0.2, 0.25) is 0 Å². The second-order valence-electron chi connectivity index (χ2n) is 6.00. The number of nitrogens with zero attached hydrogens (tertiary/aromatic N) is 1. The highest BCUT2D eigenvalue weighted by molar-refractivity contribution is 7.92. The summed E-state index contributed by atoms with van der Waals surface area (Å²) in [6, 6.07) is 10.1. The highest BCUT2D eigenvalue weighted by Crippen LogP contribution is 2.32. The Balaban J connectivity index is 1.95. The topological polar surface area (TPSA) is 67.9 Å². The molecule has 1 fully saturated rings. The zero-order valence-electron chi connectivity index (χ0n) is 14.7. The molecule has 1 heterocycles. The molecule has 6 nitrogen and oxygen atoms in total. The van der Waals surface area contributed by atoms with E-state index in [0.717, 1.165) is 5.69 Å². The van der Waals surface area contributed by atoms with E-state index < -0.39 is 10.0 Å². The largest absolute Gasteiger partial charge is 0.497 e. The van der Waals surface area contributed by atoms with Gasteiger partial charge in [-0.15, -0.1) is 0 Å². The Labute approximate surface area is 158 Å². The summed E-state index contributed by atoms with van der Waals surface area (Å²) in [5.41, 5.74) is 1.84. The van der Waals surface area contributed by atoms with Gasteiger partial charge in [0.05, 0.1) is 36.6 Å². The monoisotopic (exact) mass is 396 g/mol. The van der Waals surface area contributed by atoms with Crippen LogP contribution in [0.4, 0.5) is 11.4 Å². The summed E-state index contributed by atoms with van der Waals surface area (Å²) in [5, 5.41) is 0.464. The molecule has 8 heteroatoms. The minimum absolute atomic E-state index is 0.200. The van der Waals surface area contributed by atoms with Gasteiger partial charge >= 0.3 is 0 Å². The Morgan fingerprint density at radius 1 is 1.15 bits per heavy atom. The van der Waals surface area contributed by atoms with E-state index in [4.69, 9.17) is 21.1 Å². The fourth-order valence-electron chi connectivity index (χ4n) is 2.92. The van der Waals surface area contributed by atoms with E-state index in [1.165, 1.54) is 6.07 Å². The predicted molar refractivity (Wildman–Crippen MR) is 103 cm³/mol. The van der Waals surface area contributed by atoms with Gasteiger partial charge in [-0.05, 0) is 48.9 Å². The van der Waals surface area contributed by atoms with Crippen LogP contribution in [0, 0.1) is 6.92 Å². The number of nitrogens with one attached hydrogen (secondary N) is 1. The van der Waals surface area contributed by atoms with Crippen molar-refractivity contribution >= 4 is 33.0 Å². The zero-order chi connectivity index (χ0) is 18.7. The van der Waals surface area contributed by atoms with Crippen LogP contribution >= 0.6 is 11.6 Å². The quantitative estimate of drug-likeness (QED) is 0.839. The van der Waals surface area contributed by atoms with Gasteiger partial charge in [-0.25, -0.2) is 8.42 Å². The third-order valence-corrected chi connectivity index (χ3v) is 5.99. The summed E-state index contributed by atoms with van der Waals surface area (Å²) < 4.78 is 39.1. The highest BCUT2D eigenvalue weighted by Gasteiger charge is 2.22. The molecule has 0 bridgehead atoms. The van der Waals surface area contributed by atoms with Crippen LogP contribution < -0.4 is 14.4 Å². The number of rotatable bonds is 5. The predicted octanol–water partition coefficient (Wildman–Crippen LogP) is 3.29. The molecule has 140 valence electrons. The molecule has 2 aromatic rings. The first kappa shape index (κ1) is 18.8. The van der Waals surface area contributed by atoms with Gasteiger partial charge in [0, 0.05) is 18.1 Å². The maximum atomic E-state index is 12.9. The number of aryl methyl sites for hydroxylation is 1. The summed E-state index contributed by atoms with van der Waals surface area (Å²) in [6.45, 7) is 4.33. The van der Waals surface area contributed by atoms with E-state index in [-0.39, 0.29) is 4.90 Å². The van der Waals surface area contributed by atoms with Crippen molar-refractivity contribution in [3.05, 3.63) is 47.0 Å². The molecule has 1 aliphatic heterocycles. The average molecular weight is 397 g/mol. The van der Waals surface area contributed by atoms with Crippen LogP contribution in [0.15, 0.2) is 41.3 Å². The number of anilines is 2. The standard InChI is InChI=1S/C18H21ClN2O4S/c1-13-11-15(24-2)4-6-18(13)26(22,23)20-16-12-14(19)3-5-17(16)21-7-9-25-10-8-21/h3-6,11-12,20H,7-10H2,1-2H3. The van der Waals surface area contributed by atoms with Gasteiger partial charge in [0.1, 0.15) is 5.75 Å². The van der Waals surface area contributed by atoms with Gasteiger partial charge in [-0.1, -0.05) is 11.6 Å². The van der Waals surface area contributed by atoms with Crippen molar-refractivity contribution in [2.75, 3.05) is 43.0 Å². The molecule has 0 aromatic heterocycles. The third kappa shape index (κ3) is 4.06. The van der Waals surface area contributed by atoms with E-state index in [0.29, 0.717) is 48.3 Å². The van der Waals surface area contributed by atoms with Crippen LogP contribution in [0.3, 0.4) is 0 Å². The minimum atomic E-state index is -3.77. The smallest absolute Gasteiger partial charge is 0.262 e. The van der Waals surface area contributed by atoms with Gasteiger partial charge in [-0.3, -0.25) is 4.72 Å². The van der Waals surface area contributed by atoms with E-state index >= 15 is 0 Å². The van der Waals surface area contributed by atoms with Gasteiger partial charge in [-0.2, -0.15) is 0 Å². The molecular weight excluding hydrogens is 376 g/mol. The van der Waals surface area contributed by atoms with Crippen molar-refractivity contribution in [3.8, 4) is 5.75 Å². The van der Waals surface area contributed by atoms with Crippen LogP contribution in [-0.2, 0) is 14.8 Å². The van der Waals surface area contributed by atoms with Crippen LogP contribution in [0.25, 0.3) is 0 Å². The molecule has 0 spiro atoms. The SMILES string of the molecule is COc1ccc(S(=O)(=O)Nc2cc(Cl)ccc2N2CCOCC2)c(C)c1. The van der Waals surface area contributed by atoms with Crippen LogP contribution in [0.5, 0.6) is 5.75 Å². The van der Waals surface area contributed by atoms with Crippen LogP contribution in [-0.4, -0.2) is 41.8 Å². The summed E-state index contributed by atoms with van der Waals surface area (Å²) in [6.07, 6.45) is 0. The number of methoxy groups -OCH3 is 1. The molecular formula is C18H21ClN2O4S. The molecule has 1 aliphatic rings. The first-order valence-electron chi connectivity index (χ1n) is 8.20. The van der Waals surface area contributed by atoms with E-state index in [2.05, 4.69) is 9.62 Å². The molecule has 0 saturated carbocycles. The normalized spacial score (nSPS) is 15.0. The van der Waals surface area contributed by atoms with Gasteiger partial charge < -0.3 is 14.4 Å². The lowest BCUT2D eigenvalue weighted by molar-refractivity contribution is 0.123. The summed E-state index contributed by atoms with van der Waals surface area (Å²) in [4.78, 5) is 2.28. The van der Waals surface area contributed by atoms with Crippen molar-refractivity contribution in [1.82, 2.24) is 0 Å². The Kier molecular flexibility index (Phi) is 5.60. The van der Waals surface area contributed by atoms with E-state index in [1.54, 1.807) is 38.3 Å². The molecule has 1 saturated heterocycles. The van der Waals surface area contributed by atoms with Gasteiger partial charge in [0.15, 0.2) is 0 Å². The minimum Gasteiger partial charge on any atom is -0.497 e. The molecule has 0 aliphatic carbocycles. The lowest BCUT2D eigenvalue weighted by Crippen LogP contribution is -2.36. The number of benzene rings is 2. The molecule has 0 amide bonds.